The lowest BCUT2D eigenvalue weighted by atomic mass is 10.1. The van der Waals surface area contributed by atoms with Gasteiger partial charge < -0.3 is 4.90 Å². The predicted molar refractivity (Wildman–Crippen MR) is 101 cm³/mol. The molecule has 26 heavy (non-hydrogen) atoms. The molecule has 1 heterocycles. The maximum absolute atomic E-state index is 14.1. The molecular weight excluding hydrogens is 397 g/mol. The summed E-state index contributed by atoms with van der Waals surface area (Å²) >= 11 is 3.21. The van der Waals surface area contributed by atoms with Gasteiger partial charge in [0.2, 0.25) is 0 Å². The summed E-state index contributed by atoms with van der Waals surface area (Å²) in [4.78, 5) is 16.7. The predicted octanol–water partition coefficient (Wildman–Crippen LogP) is 3.81. The normalized spacial score (nSPS) is 15.3. The van der Waals surface area contributed by atoms with Gasteiger partial charge in [-0.05, 0) is 42.3 Å². The highest BCUT2D eigenvalue weighted by atomic mass is 79.9. The van der Waals surface area contributed by atoms with E-state index in [4.69, 9.17) is 5.26 Å². The van der Waals surface area contributed by atoms with E-state index in [0.717, 1.165) is 31.6 Å². The second kappa shape index (κ2) is 8.43. The Bertz CT molecular complexity index is 832. The molecule has 2 aromatic carbocycles. The van der Waals surface area contributed by atoms with Crippen LogP contribution >= 0.6 is 15.9 Å². The SMILES string of the molecule is N#Cc1ccc(CN2CCCN(C(=O)c3ccc(Br)cc3F)CC2)cc1. The van der Waals surface area contributed by atoms with Crippen LogP contribution in [0.2, 0.25) is 0 Å². The number of nitrogens with zero attached hydrogens (tertiary/aromatic N) is 3. The molecule has 0 bridgehead atoms. The first-order chi connectivity index (χ1) is 12.6. The van der Waals surface area contributed by atoms with Crippen LogP contribution in [-0.2, 0) is 6.54 Å². The zero-order valence-electron chi connectivity index (χ0n) is 14.3. The number of carbonyl (C=O) groups excluding carboxylic acids is 1. The van der Waals surface area contributed by atoms with Crippen molar-refractivity contribution in [2.45, 2.75) is 13.0 Å². The Balaban J connectivity index is 1.62. The van der Waals surface area contributed by atoms with Gasteiger partial charge in [-0.15, -0.1) is 0 Å². The standard InChI is InChI=1S/C20H19BrFN3O/c21-17-6-7-18(19(22)12-17)20(26)25-9-1-8-24(10-11-25)14-16-4-2-15(13-23)3-5-16/h2-7,12H,1,8-11,14H2. The summed E-state index contributed by atoms with van der Waals surface area (Å²) in [5.74, 6) is -0.752. The lowest BCUT2D eigenvalue weighted by Gasteiger charge is -2.22. The van der Waals surface area contributed by atoms with Crippen molar-refractivity contribution >= 4 is 21.8 Å². The maximum atomic E-state index is 14.1. The van der Waals surface area contributed by atoms with Crippen LogP contribution in [0.5, 0.6) is 0 Å². The fourth-order valence-corrected chi connectivity index (χ4v) is 3.44. The van der Waals surface area contributed by atoms with Crippen LogP contribution in [0, 0.1) is 17.1 Å². The van der Waals surface area contributed by atoms with Crippen LogP contribution in [0.4, 0.5) is 4.39 Å². The Morgan fingerprint density at radius 3 is 2.58 bits per heavy atom. The highest BCUT2D eigenvalue weighted by molar-refractivity contribution is 9.10. The summed E-state index contributed by atoms with van der Waals surface area (Å²) in [6.45, 7) is 3.60. The Hall–Kier alpha value is -2.23. The van der Waals surface area contributed by atoms with Crippen molar-refractivity contribution in [3.63, 3.8) is 0 Å². The number of nitriles is 1. The molecule has 0 saturated carbocycles. The molecule has 2 aromatic rings. The Kier molecular flexibility index (Phi) is 6.02. The number of hydrogen-bond acceptors (Lipinski definition) is 3. The van der Waals surface area contributed by atoms with Crippen LogP contribution in [0.15, 0.2) is 46.9 Å². The number of halogens is 2. The third kappa shape index (κ3) is 4.48. The van der Waals surface area contributed by atoms with E-state index >= 15 is 0 Å². The van der Waals surface area contributed by atoms with Crippen molar-refractivity contribution in [1.82, 2.24) is 9.80 Å². The summed E-state index contributed by atoms with van der Waals surface area (Å²) in [5.41, 5.74) is 1.91. The molecule has 0 atom stereocenters. The molecule has 4 nitrogen and oxygen atoms in total. The molecule has 0 N–H and O–H groups in total. The molecule has 0 radical (unpaired) electrons. The lowest BCUT2D eigenvalue weighted by Crippen LogP contribution is -2.35. The second-order valence-electron chi connectivity index (χ2n) is 6.35. The van der Waals surface area contributed by atoms with Crippen molar-refractivity contribution in [3.8, 4) is 6.07 Å². The third-order valence-corrected chi connectivity index (χ3v) is 5.02. The van der Waals surface area contributed by atoms with E-state index in [0.29, 0.717) is 23.1 Å². The van der Waals surface area contributed by atoms with E-state index in [1.807, 2.05) is 24.3 Å². The summed E-state index contributed by atoms with van der Waals surface area (Å²) in [5, 5.41) is 8.87. The van der Waals surface area contributed by atoms with E-state index in [1.54, 1.807) is 11.0 Å². The Labute approximate surface area is 161 Å². The first-order valence-electron chi connectivity index (χ1n) is 8.52. The van der Waals surface area contributed by atoms with Gasteiger partial charge in [0.05, 0.1) is 17.2 Å². The van der Waals surface area contributed by atoms with Crippen LogP contribution in [0.3, 0.4) is 0 Å². The van der Waals surface area contributed by atoms with Crippen molar-refractivity contribution in [3.05, 3.63) is 69.4 Å². The first kappa shape index (κ1) is 18.6. The Morgan fingerprint density at radius 2 is 1.88 bits per heavy atom. The zero-order chi connectivity index (χ0) is 18.5. The monoisotopic (exact) mass is 415 g/mol. The molecule has 3 rings (SSSR count). The summed E-state index contributed by atoms with van der Waals surface area (Å²) < 4.78 is 14.7. The Morgan fingerprint density at radius 1 is 1.12 bits per heavy atom. The van der Waals surface area contributed by atoms with Gasteiger partial charge in [-0.3, -0.25) is 9.69 Å². The topological polar surface area (TPSA) is 47.3 Å². The molecule has 1 saturated heterocycles. The number of carbonyl (C=O) groups is 1. The summed E-state index contributed by atoms with van der Waals surface area (Å²) in [6.07, 6.45) is 0.847. The molecule has 0 aliphatic carbocycles. The van der Waals surface area contributed by atoms with Crippen LogP contribution in [-0.4, -0.2) is 41.9 Å². The van der Waals surface area contributed by atoms with Crippen molar-refractivity contribution in [1.29, 1.82) is 5.26 Å². The summed E-state index contributed by atoms with van der Waals surface area (Å²) in [6, 6.07) is 14.2. The molecule has 1 aliphatic rings. The molecule has 0 spiro atoms. The van der Waals surface area contributed by atoms with E-state index in [1.165, 1.54) is 12.1 Å². The van der Waals surface area contributed by atoms with Gasteiger partial charge in [0.25, 0.3) is 5.91 Å². The average molecular weight is 416 g/mol. The van der Waals surface area contributed by atoms with Crippen LogP contribution < -0.4 is 0 Å². The number of rotatable bonds is 3. The van der Waals surface area contributed by atoms with Gasteiger partial charge in [0.15, 0.2) is 0 Å². The largest absolute Gasteiger partial charge is 0.337 e. The van der Waals surface area contributed by atoms with E-state index < -0.39 is 5.82 Å². The highest BCUT2D eigenvalue weighted by Gasteiger charge is 2.22. The molecule has 0 unspecified atom stereocenters. The number of hydrogen-bond donors (Lipinski definition) is 0. The third-order valence-electron chi connectivity index (χ3n) is 4.53. The fourth-order valence-electron chi connectivity index (χ4n) is 3.11. The van der Waals surface area contributed by atoms with Gasteiger partial charge in [-0.1, -0.05) is 28.1 Å². The van der Waals surface area contributed by atoms with E-state index in [9.17, 15) is 9.18 Å². The molecule has 134 valence electrons. The highest BCUT2D eigenvalue weighted by Crippen LogP contribution is 2.18. The van der Waals surface area contributed by atoms with Gasteiger partial charge in [-0.2, -0.15) is 5.26 Å². The van der Waals surface area contributed by atoms with Crippen molar-refractivity contribution < 1.29 is 9.18 Å². The minimum Gasteiger partial charge on any atom is -0.337 e. The van der Waals surface area contributed by atoms with Crippen LogP contribution in [0.1, 0.15) is 27.9 Å². The molecule has 1 aliphatic heterocycles. The number of benzene rings is 2. The van der Waals surface area contributed by atoms with E-state index in [-0.39, 0.29) is 11.5 Å². The van der Waals surface area contributed by atoms with Gasteiger partial charge in [0, 0.05) is 37.2 Å². The quantitative estimate of drug-likeness (QED) is 0.765. The smallest absolute Gasteiger partial charge is 0.256 e. The average Bonchev–Trinajstić information content (AvgIpc) is 2.87. The summed E-state index contributed by atoms with van der Waals surface area (Å²) in [7, 11) is 0. The lowest BCUT2D eigenvalue weighted by molar-refractivity contribution is 0.0756. The molecule has 0 aromatic heterocycles. The molecular formula is C20H19BrFN3O. The van der Waals surface area contributed by atoms with Crippen molar-refractivity contribution in [2.24, 2.45) is 0 Å². The van der Waals surface area contributed by atoms with Crippen LogP contribution in [0.25, 0.3) is 0 Å². The minimum atomic E-state index is -0.497. The minimum absolute atomic E-state index is 0.119. The van der Waals surface area contributed by atoms with Gasteiger partial charge in [-0.25, -0.2) is 4.39 Å². The fraction of sp³-hybridized carbons (Fsp3) is 0.300. The maximum Gasteiger partial charge on any atom is 0.256 e. The zero-order valence-corrected chi connectivity index (χ0v) is 15.9. The van der Waals surface area contributed by atoms with E-state index in [2.05, 4.69) is 26.9 Å². The van der Waals surface area contributed by atoms with Gasteiger partial charge >= 0.3 is 0 Å². The van der Waals surface area contributed by atoms with Gasteiger partial charge in [0.1, 0.15) is 5.82 Å². The first-order valence-corrected chi connectivity index (χ1v) is 9.32. The molecule has 1 amide bonds. The molecule has 6 heteroatoms. The van der Waals surface area contributed by atoms with Crippen molar-refractivity contribution in [2.75, 3.05) is 26.2 Å². The second-order valence-corrected chi connectivity index (χ2v) is 7.27. The number of amides is 1. The molecule has 1 fully saturated rings.